The van der Waals surface area contributed by atoms with E-state index < -0.39 is 29.7 Å². The maximum Gasteiger partial charge on any atom is 0.226 e. The number of hydrogen-bond donors (Lipinski definition) is 1. The standard InChI is InChI=1S/C16H19N5O4/c1-15(2)24-12-10(6-22-3)23-16(7-17,13(12)25-15)11-5-4-9-14(18)19-8-20-21(9)11/h4-5,8,10,12-13H,6H2,1-3H3,(H2,18,19,20). The topological polar surface area (TPSA) is 117 Å². The molecule has 2 saturated heterocycles. The molecule has 4 unspecified atom stereocenters. The molecule has 9 nitrogen and oxygen atoms in total. The van der Waals surface area contributed by atoms with Gasteiger partial charge in [0.2, 0.25) is 5.60 Å². The van der Waals surface area contributed by atoms with Crippen molar-refractivity contribution in [1.82, 2.24) is 14.6 Å². The number of nitrogen functional groups attached to an aromatic ring is 1. The van der Waals surface area contributed by atoms with E-state index in [-0.39, 0.29) is 6.61 Å². The SMILES string of the molecule is COCC1OC(C#N)(c2ccc3c(N)ncnn23)C2OC(C)(C)OC12. The summed E-state index contributed by atoms with van der Waals surface area (Å²) < 4.78 is 25.0. The van der Waals surface area contributed by atoms with E-state index in [0.717, 1.165) is 0 Å². The summed E-state index contributed by atoms with van der Waals surface area (Å²) in [7, 11) is 1.58. The van der Waals surface area contributed by atoms with Crippen molar-refractivity contribution in [1.29, 1.82) is 5.26 Å². The maximum absolute atomic E-state index is 10.1. The number of hydrogen-bond acceptors (Lipinski definition) is 8. The van der Waals surface area contributed by atoms with Crippen molar-refractivity contribution in [3.05, 3.63) is 24.2 Å². The Balaban J connectivity index is 1.87. The fourth-order valence-electron chi connectivity index (χ4n) is 3.63. The minimum Gasteiger partial charge on any atom is -0.382 e. The minimum atomic E-state index is -1.39. The smallest absolute Gasteiger partial charge is 0.226 e. The molecule has 0 saturated carbocycles. The maximum atomic E-state index is 10.1. The second-order valence-electron chi connectivity index (χ2n) is 6.64. The molecule has 4 rings (SSSR count). The Morgan fingerprint density at radius 1 is 1.36 bits per heavy atom. The first-order valence-electron chi connectivity index (χ1n) is 7.94. The van der Waals surface area contributed by atoms with Crippen molar-refractivity contribution in [3.8, 4) is 6.07 Å². The third-order valence-electron chi connectivity index (χ3n) is 4.59. The van der Waals surface area contributed by atoms with E-state index in [9.17, 15) is 5.26 Å². The van der Waals surface area contributed by atoms with Crippen molar-refractivity contribution in [3.63, 3.8) is 0 Å². The summed E-state index contributed by atoms with van der Waals surface area (Å²) in [5.41, 5.74) is 5.63. The number of ether oxygens (including phenoxy) is 4. The molecule has 2 fully saturated rings. The fraction of sp³-hybridized carbons (Fsp3) is 0.562. The quantitative estimate of drug-likeness (QED) is 0.859. The monoisotopic (exact) mass is 345 g/mol. The molecule has 2 aliphatic heterocycles. The van der Waals surface area contributed by atoms with E-state index in [2.05, 4.69) is 16.2 Å². The van der Waals surface area contributed by atoms with Crippen LogP contribution in [0.25, 0.3) is 5.52 Å². The lowest BCUT2D eigenvalue weighted by Gasteiger charge is -2.28. The summed E-state index contributed by atoms with van der Waals surface area (Å²) in [4.78, 5) is 3.98. The van der Waals surface area contributed by atoms with Crippen LogP contribution in [0.2, 0.25) is 0 Å². The first-order chi connectivity index (χ1) is 11.9. The van der Waals surface area contributed by atoms with Crippen molar-refractivity contribution in [2.24, 2.45) is 0 Å². The fourth-order valence-corrected chi connectivity index (χ4v) is 3.63. The van der Waals surface area contributed by atoms with Gasteiger partial charge in [-0.1, -0.05) is 0 Å². The van der Waals surface area contributed by atoms with E-state index in [1.807, 2.05) is 13.8 Å². The average Bonchev–Trinajstić information content (AvgIpc) is 3.20. The van der Waals surface area contributed by atoms with Gasteiger partial charge < -0.3 is 24.7 Å². The van der Waals surface area contributed by atoms with Crippen LogP contribution in [-0.2, 0) is 24.5 Å². The molecule has 0 bridgehead atoms. The first-order valence-corrected chi connectivity index (χ1v) is 7.94. The number of rotatable bonds is 3. The van der Waals surface area contributed by atoms with E-state index >= 15 is 0 Å². The van der Waals surface area contributed by atoms with Crippen LogP contribution >= 0.6 is 0 Å². The highest BCUT2D eigenvalue weighted by Gasteiger charge is 2.65. The summed E-state index contributed by atoms with van der Waals surface area (Å²) in [6.45, 7) is 3.91. The number of nitriles is 1. The van der Waals surface area contributed by atoms with Gasteiger partial charge in [-0.2, -0.15) is 10.4 Å². The summed E-state index contributed by atoms with van der Waals surface area (Å²) in [5.74, 6) is -0.505. The number of aromatic nitrogens is 3. The van der Waals surface area contributed by atoms with Crippen LogP contribution < -0.4 is 5.73 Å². The van der Waals surface area contributed by atoms with Gasteiger partial charge in [0.15, 0.2) is 11.6 Å². The van der Waals surface area contributed by atoms with Gasteiger partial charge in [-0.3, -0.25) is 0 Å². The molecule has 0 spiro atoms. The van der Waals surface area contributed by atoms with Crippen LogP contribution in [0, 0.1) is 11.3 Å². The van der Waals surface area contributed by atoms with Crippen molar-refractivity contribution in [2.45, 2.75) is 43.5 Å². The van der Waals surface area contributed by atoms with E-state index in [1.54, 1.807) is 23.8 Å². The van der Waals surface area contributed by atoms with Crippen LogP contribution in [0.4, 0.5) is 5.82 Å². The van der Waals surface area contributed by atoms with Gasteiger partial charge in [0, 0.05) is 7.11 Å². The second-order valence-corrected chi connectivity index (χ2v) is 6.64. The number of methoxy groups -OCH3 is 1. The predicted octanol–water partition coefficient (Wildman–Crippen LogP) is 0.596. The first kappa shape index (κ1) is 16.2. The molecule has 9 heteroatoms. The number of nitrogens with two attached hydrogens (primary N) is 1. The number of fused-ring (bicyclic) bond motifs is 2. The molecule has 4 atom stereocenters. The van der Waals surface area contributed by atoms with Crippen LogP contribution in [0.15, 0.2) is 18.5 Å². The van der Waals surface area contributed by atoms with Crippen LogP contribution in [-0.4, -0.2) is 52.4 Å². The molecule has 0 aliphatic carbocycles. The second kappa shape index (κ2) is 5.37. The average molecular weight is 345 g/mol. The van der Waals surface area contributed by atoms with Gasteiger partial charge in [0.05, 0.1) is 12.3 Å². The molecule has 2 aliphatic rings. The molecule has 2 N–H and O–H groups in total. The van der Waals surface area contributed by atoms with Crippen LogP contribution in [0.5, 0.6) is 0 Å². The summed E-state index contributed by atoms with van der Waals surface area (Å²) in [5, 5.41) is 14.3. The Hall–Kier alpha value is -2.25. The van der Waals surface area contributed by atoms with Crippen molar-refractivity contribution in [2.75, 3.05) is 19.5 Å². The Kier molecular flexibility index (Phi) is 3.49. The lowest BCUT2D eigenvalue weighted by molar-refractivity contribution is -0.205. The highest BCUT2D eigenvalue weighted by atomic mass is 16.8. The molecule has 0 aromatic carbocycles. The highest BCUT2D eigenvalue weighted by molar-refractivity contribution is 5.66. The van der Waals surface area contributed by atoms with Crippen molar-refractivity contribution >= 4 is 11.3 Å². The summed E-state index contributed by atoms with van der Waals surface area (Å²) in [6, 6.07) is 5.80. The number of anilines is 1. The van der Waals surface area contributed by atoms with Crippen LogP contribution in [0.1, 0.15) is 19.5 Å². The van der Waals surface area contributed by atoms with Gasteiger partial charge in [-0.05, 0) is 26.0 Å². The highest BCUT2D eigenvalue weighted by Crippen LogP contribution is 2.49. The van der Waals surface area contributed by atoms with Gasteiger partial charge in [0.1, 0.15) is 36.2 Å². The normalized spacial score (nSPS) is 33.4. The molecular weight excluding hydrogens is 326 g/mol. The lowest BCUT2D eigenvalue weighted by atomic mass is 9.92. The van der Waals surface area contributed by atoms with E-state index in [4.69, 9.17) is 24.7 Å². The van der Waals surface area contributed by atoms with Crippen LogP contribution in [0.3, 0.4) is 0 Å². The molecule has 0 radical (unpaired) electrons. The largest absolute Gasteiger partial charge is 0.382 e. The predicted molar refractivity (Wildman–Crippen MR) is 85.3 cm³/mol. The van der Waals surface area contributed by atoms with Gasteiger partial charge in [-0.25, -0.2) is 9.50 Å². The molecule has 25 heavy (non-hydrogen) atoms. The zero-order chi connectivity index (χ0) is 17.8. The van der Waals surface area contributed by atoms with Gasteiger partial charge >= 0.3 is 0 Å². The van der Waals surface area contributed by atoms with E-state index in [0.29, 0.717) is 17.0 Å². The third kappa shape index (κ3) is 2.22. The van der Waals surface area contributed by atoms with Crippen molar-refractivity contribution < 1.29 is 18.9 Å². The van der Waals surface area contributed by atoms with Gasteiger partial charge in [-0.15, -0.1) is 0 Å². The van der Waals surface area contributed by atoms with Gasteiger partial charge in [0.25, 0.3) is 0 Å². The zero-order valence-corrected chi connectivity index (χ0v) is 14.2. The molecule has 132 valence electrons. The Morgan fingerprint density at radius 2 is 2.16 bits per heavy atom. The summed E-state index contributed by atoms with van der Waals surface area (Å²) in [6.07, 6.45) is -0.159. The molecule has 4 heterocycles. The molecular formula is C16H19N5O4. The lowest BCUT2D eigenvalue weighted by Crippen LogP contribution is -2.40. The molecule has 2 aromatic rings. The molecule has 0 amide bonds. The third-order valence-corrected chi connectivity index (χ3v) is 4.59. The Morgan fingerprint density at radius 3 is 2.88 bits per heavy atom. The minimum absolute atomic E-state index is 0.282. The Labute approximate surface area is 144 Å². The van der Waals surface area contributed by atoms with E-state index in [1.165, 1.54) is 6.33 Å². The molecule has 2 aromatic heterocycles. The zero-order valence-electron chi connectivity index (χ0n) is 14.2. The Bertz CT molecular complexity index is 860. The number of nitrogens with zero attached hydrogens (tertiary/aromatic N) is 4. The summed E-state index contributed by atoms with van der Waals surface area (Å²) >= 11 is 0.